The van der Waals surface area contributed by atoms with Crippen LogP contribution < -0.4 is 5.32 Å². The van der Waals surface area contributed by atoms with Crippen LogP contribution in [-0.4, -0.2) is 16.4 Å². The molecular formula is C17H25NO2. The Morgan fingerprint density at radius 3 is 2.50 bits per heavy atom. The largest absolute Gasteiger partial charge is 0.512 e. The van der Waals surface area contributed by atoms with Gasteiger partial charge in [0.25, 0.3) is 0 Å². The zero-order chi connectivity index (χ0) is 14.8. The maximum absolute atomic E-state index is 11.6. The van der Waals surface area contributed by atoms with Gasteiger partial charge in [0.05, 0.1) is 11.3 Å². The van der Waals surface area contributed by atoms with Gasteiger partial charge in [-0.15, -0.1) is 6.58 Å². The molecule has 0 heterocycles. The third-order valence-corrected chi connectivity index (χ3v) is 4.86. The Morgan fingerprint density at radius 1 is 1.40 bits per heavy atom. The number of ketones is 1. The minimum atomic E-state index is -0.119. The maximum Gasteiger partial charge on any atom is 0.160 e. The number of hydrogen-bond acceptors (Lipinski definition) is 3. The molecule has 0 radical (unpaired) electrons. The molecule has 0 amide bonds. The average Bonchev–Trinajstić information content (AvgIpc) is 2.79. The molecule has 2 N–H and O–H groups in total. The summed E-state index contributed by atoms with van der Waals surface area (Å²) in [5.41, 5.74) is 1.85. The standard InChI is InChI=1S/C17H25NO2/c1-4-15(19)13-8-10-17(5-2,11-9-13)18-14-6-7-16(20)12(14)3/h4-5,13,18-19H,2,6-11H2,1,3H3. The summed E-state index contributed by atoms with van der Waals surface area (Å²) < 4.78 is 0. The van der Waals surface area contributed by atoms with Crippen LogP contribution in [0.3, 0.4) is 0 Å². The first kappa shape index (κ1) is 14.9. The highest BCUT2D eigenvalue weighted by Crippen LogP contribution is 2.37. The van der Waals surface area contributed by atoms with Crippen LogP contribution in [0, 0.1) is 5.92 Å². The lowest BCUT2D eigenvalue weighted by molar-refractivity contribution is -0.114. The van der Waals surface area contributed by atoms with Crippen molar-refractivity contribution in [2.45, 2.75) is 57.9 Å². The van der Waals surface area contributed by atoms with Crippen molar-refractivity contribution < 1.29 is 9.90 Å². The van der Waals surface area contributed by atoms with Gasteiger partial charge in [-0.3, -0.25) is 4.79 Å². The molecule has 1 fully saturated rings. The smallest absolute Gasteiger partial charge is 0.160 e. The Kier molecular flexibility index (Phi) is 4.36. The summed E-state index contributed by atoms with van der Waals surface area (Å²) in [7, 11) is 0. The van der Waals surface area contributed by atoms with E-state index in [1.165, 1.54) is 0 Å². The van der Waals surface area contributed by atoms with Crippen LogP contribution in [0.1, 0.15) is 52.4 Å². The number of aliphatic hydroxyl groups is 1. The van der Waals surface area contributed by atoms with E-state index in [-0.39, 0.29) is 17.2 Å². The first-order valence-corrected chi connectivity index (χ1v) is 7.51. The quantitative estimate of drug-likeness (QED) is 0.606. The molecule has 0 saturated heterocycles. The Hall–Kier alpha value is -1.51. The van der Waals surface area contributed by atoms with Crippen molar-refractivity contribution in [2.24, 2.45) is 5.92 Å². The van der Waals surface area contributed by atoms with Crippen LogP contribution in [0.15, 0.2) is 35.8 Å². The van der Waals surface area contributed by atoms with Crippen molar-refractivity contribution in [3.63, 3.8) is 0 Å². The molecule has 3 nitrogen and oxygen atoms in total. The van der Waals surface area contributed by atoms with Gasteiger partial charge in [-0.25, -0.2) is 0 Å². The molecule has 110 valence electrons. The summed E-state index contributed by atoms with van der Waals surface area (Å²) in [6.45, 7) is 7.77. The Bertz CT molecular complexity index is 465. The lowest BCUT2D eigenvalue weighted by Gasteiger charge is -2.40. The monoisotopic (exact) mass is 275 g/mol. The van der Waals surface area contributed by atoms with Gasteiger partial charge < -0.3 is 10.4 Å². The van der Waals surface area contributed by atoms with E-state index < -0.39 is 0 Å². The van der Waals surface area contributed by atoms with Crippen LogP contribution in [0.5, 0.6) is 0 Å². The van der Waals surface area contributed by atoms with Gasteiger partial charge in [-0.05, 0) is 52.0 Å². The van der Waals surface area contributed by atoms with Crippen molar-refractivity contribution in [2.75, 3.05) is 0 Å². The summed E-state index contributed by atoms with van der Waals surface area (Å²) in [5, 5.41) is 13.4. The summed E-state index contributed by atoms with van der Waals surface area (Å²) in [6.07, 6.45) is 9.03. The van der Waals surface area contributed by atoms with E-state index >= 15 is 0 Å². The summed E-state index contributed by atoms with van der Waals surface area (Å²) in [5.74, 6) is 1.04. The van der Waals surface area contributed by atoms with Gasteiger partial charge >= 0.3 is 0 Å². The van der Waals surface area contributed by atoms with Crippen LogP contribution in [0.2, 0.25) is 0 Å². The number of aliphatic hydroxyl groups excluding tert-OH is 1. The highest BCUT2D eigenvalue weighted by atomic mass is 16.3. The normalized spacial score (nSPS) is 31.6. The second-order valence-electron chi connectivity index (χ2n) is 6.00. The van der Waals surface area contributed by atoms with Gasteiger partial charge in [0.1, 0.15) is 0 Å². The predicted molar refractivity (Wildman–Crippen MR) is 81.3 cm³/mol. The number of rotatable bonds is 4. The van der Waals surface area contributed by atoms with Gasteiger partial charge in [0.15, 0.2) is 5.78 Å². The number of Topliss-reactive ketones (excluding diaryl/α,β-unsaturated/α-hetero) is 1. The zero-order valence-corrected chi connectivity index (χ0v) is 12.5. The van der Waals surface area contributed by atoms with E-state index in [0.717, 1.165) is 43.4 Å². The molecule has 0 atom stereocenters. The fourth-order valence-electron chi connectivity index (χ4n) is 3.28. The lowest BCUT2D eigenvalue weighted by atomic mass is 9.75. The van der Waals surface area contributed by atoms with E-state index in [1.54, 1.807) is 6.08 Å². The maximum atomic E-state index is 11.6. The molecule has 0 bridgehead atoms. The van der Waals surface area contributed by atoms with Crippen molar-refractivity contribution in [3.05, 3.63) is 35.8 Å². The fourth-order valence-corrected chi connectivity index (χ4v) is 3.28. The molecule has 3 heteroatoms. The van der Waals surface area contributed by atoms with E-state index in [4.69, 9.17) is 0 Å². The number of hydrogen-bond donors (Lipinski definition) is 2. The van der Waals surface area contributed by atoms with E-state index in [9.17, 15) is 9.90 Å². The van der Waals surface area contributed by atoms with E-state index in [1.807, 2.05) is 19.9 Å². The highest BCUT2D eigenvalue weighted by Gasteiger charge is 2.35. The van der Waals surface area contributed by atoms with Gasteiger partial charge in [-0.1, -0.05) is 6.08 Å². The molecule has 0 aromatic rings. The Morgan fingerprint density at radius 2 is 2.05 bits per heavy atom. The molecule has 0 unspecified atom stereocenters. The van der Waals surface area contributed by atoms with E-state index in [0.29, 0.717) is 12.2 Å². The van der Waals surface area contributed by atoms with Crippen molar-refractivity contribution in [1.82, 2.24) is 5.32 Å². The third kappa shape index (κ3) is 2.82. The molecule has 20 heavy (non-hydrogen) atoms. The first-order chi connectivity index (χ1) is 9.51. The fraction of sp³-hybridized carbons (Fsp3) is 0.588. The number of allylic oxidation sites excluding steroid dienone is 4. The van der Waals surface area contributed by atoms with Crippen molar-refractivity contribution in [1.29, 1.82) is 0 Å². The molecule has 1 saturated carbocycles. The SMILES string of the molecule is C=CC1(NC2=C(C)C(=O)CC2)CCC(C(O)=CC)CC1. The van der Waals surface area contributed by atoms with E-state index in [2.05, 4.69) is 11.9 Å². The molecule has 0 spiro atoms. The Balaban J connectivity index is 2.06. The second-order valence-corrected chi connectivity index (χ2v) is 6.00. The summed E-state index contributed by atoms with van der Waals surface area (Å²) >= 11 is 0. The molecule has 2 aliphatic carbocycles. The third-order valence-electron chi connectivity index (χ3n) is 4.86. The first-order valence-electron chi connectivity index (χ1n) is 7.51. The molecule has 0 aromatic carbocycles. The minimum Gasteiger partial charge on any atom is -0.512 e. The predicted octanol–water partition coefficient (Wildman–Crippen LogP) is 3.79. The molecular weight excluding hydrogens is 250 g/mol. The topological polar surface area (TPSA) is 49.3 Å². The van der Waals surface area contributed by atoms with Gasteiger partial charge in [0.2, 0.25) is 0 Å². The zero-order valence-electron chi connectivity index (χ0n) is 12.5. The molecule has 0 aliphatic heterocycles. The number of carbonyl (C=O) groups excluding carboxylic acids is 1. The highest BCUT2D eigenvalue weighted by molar-refractivity contribution is 5.97. The molecule has 0 aromatic heterocycles. The van der Waals surface area contributed by atoms with Crippen LogP contribution in [-0.2, 0) is 4.79 Å². The number of carbonyl (C=O) groups is 1. The van der Waals surface area contributed by atoms with Gasteiger partial charge in [0, 0.05) is 23.6 Å². The molecule has 2 rings (SSSR count). The van der Waals surface area contributed by atoms with Crippen LogP contribution >= 0.6 is 0 Å². The second kappa shape index (κ2) is 5.86. The van der Waals surface area contributed by atoms with Crippen molar-refractivity contribution >= 4 is 5.78 Å². The van der Waals surface area contributed by atoms with Gasteiger partial charge in [-0.2, -0.15) is 0 Å². The average molecular weight is 275 g/mol. The summed E-state index contributed by atoms with van der Waals surface area (Å²) in [4.78, 5) is 11.6. The summed E-state index contributed by atoms with van der Waals surface area (Å²) in [6, 6.07) is 0. The minimum absolute atomic E-state index is 0.119. The number of nitrogens with one attached hydrogen (secondary N) is 1. The van der Waals surface area contributed by atoms with Crippen LogP contribution in [0.4, 0.5) is 0 Å². The van der Waals surface area contributed by atoms with Crippen molar-refractivity contribution in [3.8, 4) is 0 Å². The molecule has 2 aliphatic rings. The Labute approximate surface area is 121 Å². The lowest BCUT2D eigenvalue weighted by Crippen LogP contribution is -2.45. The van der Waals surface area contributed by atoms with Crippen LogP contribution in [0.25, 0.3) is 0 Å².